The molecular formula is C13H9Cl2N3. The first-order chi connectivity index (χ1) is 8.79. The van der Waals surface area contributed by atoms with E-state index in [-0.39, 0.29) is 0 Å². The highest BCUT2D eigenvalue weighted by Crippen LogP contribution is 2.26. The summed E-state index contributed by atoms with van der Waals surface area (Å²) in [6, 6.07) is 7.53. The second-order valence-corrected chi connectivity index (χ2v) is 4.56. The summed E-state index contributed by atoms with van der Waals surface area (Å²) in [5, 5.41) is 0.660. The quantitative estimate of drug-likeness (QED) is 0.667. The maximum Gasteiger partial charge on any atom is 0.137 e. The van der Waals surface area contributed by atoms with Crippen molar-refractivity contribution in [2.75, 3.05) is 0 Å². The molecule has 3 aromatic heterocycles. The van der Waals surface area contributed by atoms with Crippen LogP contribution in [0.5, 0.6) is 0 Å². The van der Waals surface area contributed by atoms with Gasteiger partial charge in [-0.05, 0) is 24.3 Å². The minimum Gasteiger partial charge on any atom is -0.301 e. The van der Waals surface area contributed by atoms with Crippen LogP contribution in [0, 0.1) is 0 Å². The van der Waals surface area contributed by atoms with Gasteiger partial charge in [-0.3, -0.25) is 4.98 Å². The number of hydrogen-bond donors (Lipinski definition) is 0. The molecule has 3 heterocycles. The van der Waals surface area contributed by atoms with Crippen LogP contribution in [0.15, 0.2) is 42.9 Å². The molecule has 90 valence electrons. The van der Waals surface area contributed by atoms with Crippen molar-refractivity contribution in [3.63, 3.8) is 0 Å². The van der Waals surface area contributed by atoms with E-state index in [4.69, 9.17) is 23.2 Å². The van der Waals surface area contributed by atoms with E-state index in [2.05, 4.69) is 9.97 Å². The van der Waals surface area contributed by atoms with Crippen molar-refractivity contribution in [3.8, 4) is 11.3 Å². The van der Waals surface area contributed by atoms with Crippen molar-refractivity contribution in [2.45, 2.75) is 5.88 Å². The summed E-state index contributed by atoms with van der Waals surface area (Å²) < 4.78 is 1.92. The number of imidazole rings is 1. The number of nitrogens with zero attached hydrogens (tertiary/aromatic N) is 3. The van der Waals surface area contributed by atoms with Gasteiger partial charge in [0.2, 0.25) is 0 Å². The lowest BCUT2D eigenvalue weighted by molar-refractivity contribution is 1.09. The molecule has 3 aromatic rings. The fourth-order valence-electron chi connectivity index (χ4n) is 1.94. The SMILES string of the molecule is ClCc1c(-c2ccncc2)nc2ccc(Cl)cn12. The number of hydrogen-bond acceptors (Lipinski definition) is 2. The fourth-order valence-corrected chi connectivity index (χ4v) is 2.35. The monoisotopic (exact) mass is 277 g/mol. The third-order valence-electron chi connectivity index (χ3n) is 2.76. The highest BCUT2D eigenvalue weighted by molar-refractivity contribution is 6.30. The van der Waals surface area contributed by atoms with E-state index < -0.39 is 0 Å². The fraction of sp³-hybridized carbons (Fsp3) is 0.0769. The Hall–Kier alpha value is -1.58. The van der Waals surface area contributed by atoms with Crippen LogP contribution >= 0.6 is 23.2 Å². The summed E-state index contributed by atoms with van der Waals surface area (Å²) in [5.74, 6) is 0.374. The minimum atomic E-state index is 0.374. The van der Waals surface area contributed by atoms with E-state index in [1.165, 1.54) is 0 Å². The van der Waals surface area contributed by atoms with Crippen molar-refractivity contribution < 1.29 is 0 Å². The van der Waals surface area contributed by atoms with Crippen molar-refractivity contribution in [3.05, 3.63) is 53.6 Å². The van der Waals surface area contributed by atoms with Crippen LogP contribution in [-0.4, -0.2) is 14.4 Å². The van der Waals surface area contributed by atoms with Crippen LogP contribution < -0.4 is 0 Å². The molecule has 0 unspecified atom stereocenters. The first kappa shape index (κ1) is 11.5. The van der Waals surface area contributed by atoms with E-state index in [1.807, 2.05) is 34.9 Å². The van der Waals surface area contributed by atoms with Crippen LogP contribution in [-0.2, 0) is 5.88 Å². The number of alkyl halides is 1. The topological polar surface area (TPSA) is 30.2 Å². The van der Waals surface area contributed by atoms with E-state index in [0.29, 0.717) is 10.9 Å². The van der Waals surface area contributed by atoms with E-state index in [1.54, 1.807) is 12.4 Å². The number of fused-ring (bicyclic) bond motifs is 1. The molecule has 0 radical (unpaired) electrons. The van der Waals surface area contributed by atoms with Gasteiger partial charge >= 0.3 is 0 Å². The van der Waals surface area contributed by atoms with E-state index in [9.17, 15) is 0 Å². The summed E-state index contributed by atoms with van der Waals surface area (Å²) in [6.07, 6.45) is 5.31. The maximum absolute atomic E-state index is 6.04. The molecule has 0 N–H and O–H groups in total. The number of pyridine rings is 2. The zero-order valence-electron chi connectivity index (χ0n) is 9.35. The molecule has 5 heteroatoms. The summed E-state index contributed by atoms with van der Waals surface area (Å²) >= 11 is 12.0. The highest BCUT2D eigenvalue weighted by atomic mass is 35.5. The lowest BCUT2D eigenvalue weighted by atomic mass is 10.2. The maximum atomic E-state index is 6.04. The van der Waals surface area contributed by atoms with Crippen molar-refractivity contribution >= 4 is 28.8 Å². The second-order valence-electron chi connectivity index (χ2n) is 3.85. The van der Waals surface area contributed by atoms with Gasteiger partial charge < -0.3 is 4.40 Å². The molecule has 18 heavy (non-hydrogen) atoms. The van der Waals surface area contributed by atoms with E-state index in [0.717, 1.165) is 22.6 Å². The largest absolute Gasteiger partial charge is 0.301 e. The van der Waals surface area contributed by atoms with Gasteiger partial charge in [0.25, 0.3) is 0 Å². The first-order valence-corrected chi connectivity index (χ1v) is 6.33. The molecule has 3 rings (SSSR count). The molecule has 3 nitrogen and oxygen atoms in total. The Morgan fingerprint density at radius 2 is 1.89 bits per heavy atom. The van der Waals surface area contributed by atoms with Gasteiger partial charge in [-0.15, -0.1) is 11.6 Å². The molecule has 0 fully saturated rings. The third kappa shape index (κ3) is 1.85. The molecular weight excluding hydrogens is 269 g/mol. The normalized spacial score (nSPS) is 11.0. The van der Waals surface area contributed by atoms with Crippen LogP contribution in [0.25, 0.3) is 16.9 Å². The van der Waals surface area contributed by atoms with Gasteiger partial charge in [0, 0.05) is 24.2 Å². The summed E-state index contributed by atoms with van der Waals surface area (Å²) in [5.41, 5.74) is 3.64. The third-order valence-corrected chi connectivity index (χ3v) is 3.24. The average molecular weight is 278 g/mol. The average Bonchev–Trinajstić information content (AvgIpc) is 2.77. The molecule has 0 aliphatic heterocycles. The van der Waals surface area contributed by atoms with Crippen LogP contribution in [0.1, 0.15) is 5.69 Å². The van der Waals surface area contributed by atoms with Crippen LogP contribution in [0.4, 0.5) is 0 Å². The van der Waals surface area contributed by atoms with Gasteiger partial charge in [0.15, 0.2) is 0 Å². The van der Waals surface area contributed by atoms with Crippen molar-refractivity contribution in [1.82, 2.24) is 14.4 Å². The molecule has 0 amide bonds. The Morgan fingerprint density at radius 1 is 1.11 bits per heavy atom. The Labute approximate surface area is 114 Å². The van der Waals surface area contributed by atoms with Gasteiger partial charge in [0.05, 0.1) is 22.3 Å². The summed E-state index contributed by atoms with van der Waals surface area (Å²) in [6.45, 7) is 0. The number of halogens is 2. The molecule has 0 bridgehead atoms. The van der Waals surface area contributed by atoms with Crippen molar-refractivity contribution in [1.29, 1.82) is 0 Å². The second kappa shape index (κ2) is 4.59. The lowest BCUT2D eigenvalue weighted by Crippen LogP contribution is -1.91. The summed E-state index contributed by atoms with van der Waals surface area (Å²) in [4.78, 5) is 8.59. The first-order valence-electron chi connectivity index (χ1n) is 5.42. The molecule has 0 atom stereocenters. The molecule has 0 saturated carbocycles. The minimum absolute atomic E-state index is 0.374. The van der Waals surface area contributed by atoms with Crippen molar-refractivity contribution in [2.24, 2.45) is 0 Å². The van der Waals surface area contributed by atoms with E-state index >= 15 is 0 Å². The van der Waals surface area contributed by atoms with Crippen LogP contribution in [0.3, 0.4) is 0 Å². The summed E-state index contributed by atoms with van der Waals surface area (Å²) in [7, 11) is 0. The molecule has 0 aliphatic carbocycles. The molecule has 0 aromatic carbocycles. The van der Waals surface area contributed by atoms with Gasteiger partial charge in [-0.1, -0.05) is 11.6 Å². The van der Waals surface area contributed by atoms with Gasteiger partial charge in [-0.25, -0.2) is 4.98 Å². The standard InChI is InChI=1S/C13H9Cl2N3/c14-7-11-13(9-3-5-16-6-4-9)17-12-2-1-10(15)8-18(11)12/h1-6,8H,7H2. The Kier molecular flexibility index (Phi) is 2.94. The number of aromatic nitrogens is 3. The smallest absolute Gasteiger partial charge is 0.137 e. The van der Waals surface area contributed by atoms with Gasteiger partial charge in [0.1, 0.15) is 5.65 Å². The Morgan fingerprint density at radius 3 is 2.61 bits per heavy atom. The van der Waals surface area contributed by atoms with Gasteiger partial charge in [-0.2, -0.15) is 0 Å². The Bertz CT molecular complexity index is 692. The lowest BCUT2D eigenvalue weighted by Gasteiger charge is -2.01. The number of rotatable bonds is 2. The predicted octanol–water partition coefficient (Wildman–Crippen LogP) is 3.79. The Balaban J connectivity index is 2.30. The predicted molar refractivity (Wildman–Crippen MR) is 73.0 cm³/mol. The molecule has 0 saturated heterocycles. The zero-order chi connectivity index (χ0) is 12.5. The molecule has 0 aliphatic rings. The molecule has 0 spiro atoms. The zero-order valence-corrected chi connectivity index (χ0v) is 10.9. The highest BCUT2D eigenvalue weighted by Gasteiger charge is 2.13. The van der Waals surface area contributed by atoms with Crippen LogP contribution in [0.2, 0.25) is 5.02 Å².